The highest BCUT2D eigenvalue weighted by atomic mass is 35.5. The molecule has 108 valence electrons. The van der Waals surface area contributed by atoms with Crippen molar-refractivity contribution in [3.8, 4) is 23.3 Å². The van der Waals surface area contributed by atoms with Crippen LogP contribution in [0.4, 0.5) is 0 Å². The molecule has 3 heteroatoms. The number of hydrogen-bond acceptors (Lipinski definition) is 2. The van der Waals surface area contributed by atoms with E-state index in [2.05, 4.69) is 18.8 Å². The predicted molar refractivity (Wildman–Crippen MR) is 82.6 cm³/mol. The smallest absolute Gasteiger partial charge is 0.135 e. The van der Waals surface area contributed by atoms with E-state index in [-0.39, 0.29) is 0 Å². The molecule has 0 heterocycles. The van der Waals surface area contributed by atoms with Gasteiger partial charge in [-0.25, -0.2) is 0 Å². The van der Waals surface area contributed by atoms with Crippen LogP contribution in [-0.4, -0.2) is 19.1 Å². The van der Waals surface area contributed by atoms with Crippen molar-refractivity contribution in [1.29, 1.82) is 0 Å². The van der Waals surface area contributed by atoms with Crippen molar-refractivity contribution < 1.29 is 9.47 Å². The summed E-state index contributed by atoms with van der Waals surface area (Å²) in [6, 6.07) is 5.75. The minimum Gasteiger partial charge on any atom is -0.497 e. The van der Waals surface area contributed by atoms with E-state index in [0.717, 1.165) is 35.8 Å². The van der Waals surface area contributed by atoms with E-state index >= 15 is 0 Å². The van der Waals surface area contributed by atoms with Crippen molar-refractivity contribution >= 4 is 11.6 Å². The molecule has 1 aliphatic carbocycles. The number of rotatable bonds is 3. The van der Waals surface area contributed by atoms with Gasteiger partial charge < -0.3 is 9.47 Å². The van der Waals surface area contributed by atoms with Gasteiger partial charge >= 0.3 is 0 Å². The van der Waals surface area contributed by atoms with Crippen LogP contribution in [0.25, 0.3) is 0 Å². The Balaban J connectivity index is 2.17. The summed E-state index contributed by atoms with van der Waals surface area (Å²) in [6.07, 6.45) is 5.09. The molecule has 1 aliphatic rings. The second-order valence-corrected chi connectivity index (χ2v) is 5.58. The van der Waals surface area contributed by atoms with Gasteiger partial charge in [-0.2, -0.15) is 0 Å². The Morgan fingerprint density at radius 1 is 1.35 bits per heavy atom. The Labute approximate surface area is 126 Å². The van der Waals surface area contributed by atoms with Gasteiger partial charge in [0, 0.05) is 0 Å². The first-order valence-corrected chi connectivity index (χ1v) is 7.66. The molecule has 2 nitrogen and oxygen atoms in total. The topological polar surface area (TPSA) is 18.5 Å². The maximum Gasteiger partial charge on any atom is 0.135 e. The predicted octanol–water partition coefficient (Wildman–Crippen LogP) is 4.24. The standard InChI is InChI=1S/C17H21ClO2/c1-13-5-3-7-16(11-13)20-17-9-8-15(19-2)12-14(17)6-4-10-18/h8-9,12-13,16H,3,5,7,10-11H2,1-2H3. The second-order valence-electron chi connectivity index (χ2n) is 5.31. The zero-order chi connectivity index (χ0) is 14.4. The van der Waals surface area contributed by atoms with Crippen LogP contribution in [-0.2, 0) is 0 Å². The lowest BCUT2D eigenvalue weighted by molar-refractivity contribution is 0.129. The van der Waals surface area contributed by atoms with Gasteiger partial charge in [0.1, 0.15) is 11.5 Å². The highest BCUT2D eigenvalue weighted by Crippen LogP contribution is 2.30. The van der Waals surface area contributed by atoms with E-state index in [1.54, 1.807) is 7.11 Å². The van der Waals surface area contributed by atoms with E-state index in [0.29, 0.717) is 12.0 Å². The normalized spacial score (nSPS) is 21.8. The fourth-order valence-corrected chi connectivity index (χ4v) is 2.70. The van der Waals surface area contributed by atoms with E-state index in [4.69, 9.17) is 21.1 Å². The van der Waals surface area contributed by atoms with Crippen molar-refractivity contribution in [3.63, 3.8) is 0 Å². The van der Waals surface area contributed by atoms with Gasteiger partial charge in [0.25, 0.3) is 0 Å². The van der Waals surface area contributed by atoms with Crippen LogP contribution in [0, 0.1) is 17.8 Å². The minimum absolute atomic E-state index is 0.295. The molecule has 2 atom stereocenters. The fraction of sp³-hybridized carbons (Fsp3) is 0.529. The fourth-order valence-electron chi connectivity index (χ4n) is 2.63. The van der Waals surface area contributed by atoms with Gasteiger partial charge in [-0.15, -0.1) is 11.6 Å². The molecule has 2 rings (SSSR count). The molecule has 1 fully saturated rings. The van der Waals surface area contributed by atoms with Gasteiger partial charge in [0.15, 0.2) is 0 Å². The molecule has 0 radical (unpaired) electrons. The quantitative estimate of drug-likeness (QED) is 0.613. The van der Waals surface area contributed by atoms with Gasteiger partial charge in [-0.05, 0) is 43.4 Å². The molecule has 2 unspecified atom stereocenters. The Hall–Kier alpha value is -1.33. The van der Waals surface area contributed by atoms with Crippen LogP contribution in [0.5, 0.6) is 11.5 Å². The molecule has 0 aromatic heterocycles. The number of benzene rings is 1. The summed E-state index contributed by atoms with van der Waals surface area (Å²) in [6.45, 7) is 2.29. The molecule has 1 saturated carbocycles. The molecular weight excluding hydrogens is 272 g/mol. The summed E-state index contributed by atoms with van der Waals surface area (Å²) in [4.78, 5) is 0. The summed E-state index contributed by atoms with van der Waals surface area (Å²) >= 11 is 5.64. The average Bonchev–Trinajstić information content (AvgIpc) is 2.46. The van der Waals surface area contributed by atoms with Crippen molar-refractivity contribution in [2.45, 2.75) is 38.7 Å². The zero-order valence-corrected chi connectivity index (χ0v) is 12.9. The maximum atomic E-state index is 6.15. The van der Waals surface area contributed by atoms with E-state index in [1.807, 2.05) is 18.2 Å². The molecular formula is C17H21ClO2. The molecule has 0 spiro atoms. The Kier molecular flexibility index (Phi) is 5.61. The van der Waals surface area contributed by atoms with Crippen molar-refractivity contribution in [3.05, 3.63) is 23.8 Å². The summed E-state index contributed by atoms with van der Waals surface area (Å²) in [5, 5.41) is 0. The first-order valence-electron chi connectivity index (χ1n) is 7.12. The zero-order valence-electron chi connectivity index (χ0n) is 12.1. The molecule has 0 aliphatic heterocycles. The Morgan fingerprint density at radius 2 is 2.20 bits per heavy atom. The minimum atomic E-state index is 0.295. The van der Waals surface area contributed by atoms with Crippen molar-refractivity contribution in [2.75, 3.05) is 13.0 Å². The molecule has 1 aromatic rings. The molecule has 0 bridgehead atoms. The van der Waals surface area contributed by atoms with Gasteiger partial charge in [0.05, 0.1) is 24.7 Å². The maximum absolute atomic E-state index is 6.15. The molecule has 0 N–H and O–H groups in total. The summed E-state index contributed by atoms with van der Waals surface area (Å²) in [7, 11) is 1.65. The number of hydrogen-bond donors (Lipinski definition) is 0. The third kappa shape index (κ3) is 4.08. The van der Waals surface area contributed by atoms with E-state index < -0.39 is 0 Å². The van der Waals surface area contributed by atoms with E-state index in [1.165, 1.54) is 12.8 Å². The van der Waals surface area contributed by atoms with Gasteiger partial charge in [0.2, 0.25) is 0 Å². The van der Waals surface area contributed by atoms with E-state index in [9.17, 15) is 0 Å². The number of halogens is 1. The SMILES string of the molecule is COc1ccc(OC2CCCC(C)C2)c(C#CCCl)c1. The van der Waals surface area contributed by atoms with Crippen molar-refractivity contribution in [1.82, 2.24) is 0 Å². The lowest BCUT2D eigenvalue weighted by Crippen LogP contribution is -2.24. The highest BCUT2D eigenvalue weighted by molar-refractivity contribution is 6.19. The van der Waals surface area contributed by atoms with Crippen LogP contribution in [0.3, 0.4) is 0 Å². The molecule has 20 heavy (non-hydrogen) atoms. The Bertz CT molecular complexity index is 501. The molecule has 1 aromatic carbocycles. The van der Waals surface area contributed by atoms with Gasteiger partial charge in [-0.1, -0.05) is 25.2 Å². The lowest BCUT2D eigenvalue weighted by Gasteiger charge is -2.27. The lowest BCUT2D eigenvalue weighted by atomic mass is 9.88. The monoisotopic (exact) mass is 292 g/mol. The van der Waals surface area contributed by atoms with Crippen LogP contribution < -0.4 is 9.47 Å². The van der Waals surface area contributed by atoms with Crippen LogP contribution in [0.15, 0.2) is 18.2 Å². The van der Waals surface area contributed by atoms with Crippen molar-refractivity contribution in [2.24, 2.45) is 5.92 Å². The largest absolute Gasteiger partial charge is 0.497 e. The van der Waals surface area contributed by atoms with Crippen LogP contribution >= 0.6 is 11.6 Å². The molecule has 0 saturated heterocycles. The summed E-state index contributed by atoms with van der Waals surface area (Å²) in [5.74, 6) is 8.61. The highest BCUT2D eigenvalue weighted by Gasteiger charge is 2.21. The summed E-state index contributed by atoms with van der Waals surface area (Å²) in [5.41, 5.74) is 0.850. The number of alkyl halides is 1. The number of methoxy groups -OCH3 is 1. The molecule has 0 amide bonds. The average molecular weight is 293 g/mol. The van der Waals surface area contributed by atoms with Gasteiger partial charge in [-0.3, -0.25) is 0 Å². The number of ether oxygens (including phenoxy) is 2. The first kappa shape index (κ1) is 15.1. The Morgan fingerprint density at radius 3 is 2.90 bits per heavy atom. The van der Waals surface area contributed by atoms with Crippen LogP contribution in [0.2, 0.25) is 0 Å². The summed E-state index contributed by atoms with van der Waals surface area (Å²) < 4.78 is 11.4. The third-order valence-corrected chi connectivity index (χ3v) is 3.79. The third-order valence-electron chi connectivity index (χ3n) is 3.66. The first-order chi connectivity index (χ1) is 9.72. The van der Waals surface area contributed by atoms with Crippen LogP contribution in [0.1, 0.15) is 38.2 Å². The second kappa shape index (κ2) is 7.45.